The number of rotatable bonds is 11. The van der Waals surface area contributed by atoms with Crippen LogP contribution >= 0.6 is 0 Å². The van der Waals surface area contributed by atoms with Crippen molar-refractivity contribution in [2.45, 2.75) is 31.1 Å². The number of amides is 1. The van der Waals surface area contributed by atoms with E-state index in [-0.39, 0.29) is 28.9 Å². The number of benzene rings is 2. The van der Waals surface area contributed by atoms with Gasteiger partial charge >= 0.3 is 0 Å². The quantitative estimate of drug-likeness (QED) is 0.517. The van der Waals surface area contributed by atoms with Crippen LogP contribution in [0.4, 0.5) is 10.1 Å². The summed E-state index contributed by atoms with van der Waals surface area (Å²) >= 11 is 0. The lowest BCUT2D eigenvalue weighted by Crippen LogP contribution is -2.36. The van der Waals surface area contributed by atoms with Gasteiger partial charge in [0.2, 0.25) is 15.9 Å². The minimum Gasteiger partial charge on any atom is -0.492 e. The number of carbonyl (C=O) groups is 1. The lowest BCUT2D eigenvalue weighted by atomic mass is 10.2. The van der Waals surface area contributed by atoms with Crippen molar-refractivity contribution in [3.63, 3.8) is 0 Å². The molecule has 1 aliphatic rings. The fraction of sp³-hybridized carbons (Fsp3) is 0.458. The zero-order valence-corrected chi connectivity index (χ0v) is 20.4. The van der Waals surface area contributed by atoms with Crippen molar-refractivity contribution < 1.29 is 27.1 Å². The Bertz CT molecular complexity index is 1060. The minimum atomic E-state index is -3.73. The van der Waals surface area contributed by atoms with Gasteiger partial charge in [0.15, 0.2) is 0 Å². The summed E-state index contributed by atoms with van der Waals surface area (Å²) < 4.78 is 52.0. The summed E-state index contributed by atoms with van der Waals surface area (Å²) in [5, 5.41) is 2.77. The average molecular weight is 494 g/mol. The number of likely N-dealkylation sites (N-methyl/N-ethyl adjacent to an activating group) is 1. The van der Waals surface area contributed by atoms with Gasteiger partial charge in [0.25, 0.3) is 0 Å². The summed E-state index contributed by atoms with van der Waals surface area (Å²) in [6.45, 7) is 3.99. The Balaban J connectivity index is 1.60. The maximum absolute atomic E-state index is 13.2. The molecule has 1 amide bonds. The molecular weight excluding hydrogens is 461 g/mol. The molecule has 186 valence electrons. The molecule has 0 aliphatic carbocycles. The van der Waals surface area contributed by atoms with Crippen LogP contribution in [0.25, 0.3) is 0 Å². The lowest BCUT2D eigenvalue weighted by Gasteiger charge is -2.27. The molecule has 1 saturated heterocycles. The van der Waals surface area contributed by atoms with Crippen molar-refractivity contribution in [3.8, 4) is 11.5 Å². The van der Waals surface area contributed by atoms with Crippen LogP contribution in [0.1, 0.15) is 26.2 Å². The van der Waals surface area contributed by atoms with E-state index in [2.05, 4.69) is 5.32 Å². The van der Waals surface area contributed by atoms with E-state index in [1.807, 2.05) is 0 Å². The molecule has 34 heavy (non-hydrogen) atoms. The highest BCUT2D eigenvalue weighted by Crippen LogP contribution is 2.31. The highest BCUT2D eigenvalue weighted by molar-refractivity contribution is 7.89. The monoisotopic (exact) mass is 493 g/mol. The summed E-state index contributed by atoms with van der Waals surface area (Å²) in [6, 6.07) is 10.4. The van der Waals surface area contributed by atoms with E-state index in [0.717, 1.165) is 19.3 Å². The number of piperidine rings is 1. The van der Waals surface area contributed by atoms with Crippen LogP contribution in [0.3, 0.4) is 0 Å². The van der Waals surface area contributed by atoms with Crippen molar-refractivity contribution in [1.29, 1.82) is 0 Å². The number of ether oxygens (including phenoxy) is 2. The van der Waals surface area contributed by atoms with Crippen LogP contribution in [0.15, 0.2) is 47.4 Å². The molecule has 2 aromatic carbocycles. The first-order valence-corrected chi connectivity index (χ1v) is 12.9. The number of hydrogen-bond acceptors (Lipinski definition) is 6. The Morgan fingerprint density at radius 1 is 1.09 bits per heavy atom. The largest absolute Gasteiger partial charge is 0.492 e. The summed E-state index contributed by atoms with van der Waals surface area (Å²) in [4.78, 5) is 14.4. The van der Waals surface area contributed by atoms with Crippen LogP contribution < -0.4 is 14.8 Å². The summed E-state index contributed by atoms with van der Waals surface area (Å²) in [6.07, 6.45) is 2.68. The smallest absolute Gasteiger partial charge is 0.246 e. The van der Waals surface area contributed by atoms with Gasteiger partial charge < -0.3 is 14.8 Å². The van der Waals surface area contributed by atoms with Gasteiger partial charge in [0.05, 0.1) is 13.2 Å². The molecule has 8 nitrogen and oxygen atoms in total. The van der Waals surface area contributed by atoms with Crippen molar-refractivity contribution in [2.24, 2.45) is 0 Å². The molecule has 0 unspecified atom stereocenters. The Hall–Kier alpha value is -2.69. The molecule has 0 atom stereocenters. The van der Waals surface area contributed by atoms with Gasteiger partial charge in [0.1, 0.15) is 28.8 Å². The average Bonchev–Trinajstić information content (AvgIpc) is 2.82. The number of sulfonamides is 1. The molecule has 1 aliphatic heterocycles. The van der Waals surface area contributed by atoms with Crippen molar-refractivity contribution >= 4 is 21.6 Å². The van der Waals surface area contributed by atoms with Crippen molar-refractivity contribution in [2.75, 3.05) is 51.8 Å². The second-order valence-electron chi connectivity index (χ2n) is 8.15. The molecule has 0 bridgehead atoms. The van der Waals surface area contributed by atoms with E-state index in [9.17, 15) is 17.6 Å². The van der Waals surface area contributed by atoms with Gasteiger partial charge in [-0.1, -0.05) is 6.42 Å². The van der Waals surface area contributed by atoms with E-state index in [1.165, 1.54) is 22.5 Å². The summed E-state index contributed by atoms with van der Waals surface area (Å²) in [5.74, 6) is 0.217. The van der Waals surface area contributed by atoms with E-state index in [4.69, 9.17) is 9.47 Å². The molecule has 0 radical (unpaired) electrons. The minimum absolute atomic E-state index is 0.0649. The molecule has 2 aromatic rings. The number of carbonyl (C=O) groups excluding carboxylic acids is 1. The van der Waals surface area contributed by atoms with Crippen LogP contribution in [-0.2, 0) is 14.8 Å². The molecular formula is C24H32FN3O5S. The van der Waals surface area contributed by atoms with Gasteiger partial charge in [-0.3, -0.25) is 9.69 Å². The van der Waals surface area contributed by atoms with Gasteiger partial charge in [-0.25, -0.2) is 12.8 Å². The normalized spacial score (nSPS) is 14.7. The number of hydrogen-bond donors (Lipinski definition) is 1. The molecule has 1 N–H and O–H groups in total. The second-order valence-corrected chi connectivity index (χ2v) is 10.1. The third-order valence-electron chi connectivity index (χ3n) is 5.43. The Morgan fingerprint density at radius 3 is 2.47 bits per heavy atom. The van der Waals surface area contributed by atoms with Crippen LogP contribution in [-0.4, -0.2) is 70.0 Å². The molecule has 3 rings (SSSR count). The molecule has 10 heteroatoms. The first-order valence-electron chi connectivity index (χ1n) is 11.4. The standard InChI is InChI=1S/C24H32FN3O5S/c1-3-32-22-12-9-20(17-23(22)34(30,31)28-13-5-4-6-14-28)26-24(29)18-27(2)15-16-33-21-10-7-19(25)8-11-21/h7-12,17H,3-6,13-16,18H2,1-2H3,(H,26,29). The Kier molecular flexibility index (Phi) is 9.26. The third kappa shape index (κ3) is 7.15. The second kappa shape index (κ2) is 12.1. The SMILES string of the molecule is CCOc1ccc(NC(=O)CN(C)CCOc2ccc(F)cc2)cc1S(=O)(=O)N1CCCCC1. The van der Waals surface area contributed by atoms with E-state index in [1.54, 1.807) is 43.1 Å². The fourth-order valence-corrected chi connectivity index (χ4v) is 5.36. The summed E-state index contributed by atoms with van der Waals surface area (Å²) in [5.41, 5.74) is 0.389. The van der Waals surface area contributed by atoms with E-state index in [0.29, 0.717) is 44.3 Å². The molecule has 0 spiro atoms. The van der Waals surface area contributed by atoms with Crippen LogP contribution in [0.2, 0.25) is 0 Å². The first-order chi connectivity index (χ1) is 16.3. The van der Waals surface area contributed by atoms with Crippen molar-refractivity contribution in [3.05, 3.63) is 48.3 Å². The van der Waals surface area contributed by atoms with Crippen molar-refractivity contribution in [1.82, 2.24) is 9.21 Å². The zero-order valence-electron chi connectivity index (χ0n) is 19.6. The molecule has 1 fully saturated rings. The summed E-state index contributed by atoms with van der Waals surface area (Å²) in [7, 11) is -1.95. The number of halogens is 1. The van der Waals surface area contributed by atoms with Gasteiger partial charge in [0, 0.05) is 25.3 Å². The van der Waals surface area contributed by atoms with Gasteiger partial charge in [-0.05, 0) is 69.3 Å². The van der Waals surface area contributed by atoms with Gasteiger partial charge in [-0.2, -0.15) is 4.31 Å². The number of nitrogens with one attached hydrogen (secondary N) is 1. The van der Waals surface area contributed by atoms with E-state index < -0.39 is 10.0 Å². The topological polar surface area (TPSA) is 88.2 Å². The highest BCUT2D eigenvalue weighted by Gasteiger charge is 2.29. The molecule has 1 heterocycles. The first kappa shape index (κ1) is 25.9. The third-order valence-corrected chi connectivity index (χ3v) is 7.35. The van der Waals surface area contributed by atoms with Crippen LogP contribution in [0.5, 0.6) is 11.5 Å². The molecule has 0 aromatic heterocycles. The Labute approximate surface area is 200 Å². The lowest BCUT2D eigenvalue weighted by molar-refractivity contribution is -0.117. The fourth-order valence-electron chi connectivity index (χ4n) is 3.68. The maximum atomic E-state index is 13.2. The maximum Gasteiger partial charge on any atom is 0.246 e. The molecule has 0 saturated carbocycles. The van der Waals surface area contributed by atoms with E-state index >= 15 is 0 Å². The van der Waals surface area contributed by atoms with Crippen LogP contribution in [0, 0.1) is 5.82 Å². The predicted molar refractivity (Wildman–Crippen MR) is 128 cm³/mol. The Morgan fingerprint density at radius 2 is 1.79 bits per heavy atom. The predicted octanol–water partition coefficient (Wildman–Crippen LogP) is 3.35. The number of anilines is 1. The zero-order chi connectivity index (χ0) is 24.6. The number of nitrogens with zero attached hydrogens (tertiary/aromatic N) is 2. The highest BCUT2D eigenvalue weighted by atomic mass is 32.2. The van der Waals surface area contributed by atoms with Gasteiger partial charge in [-0.15, -0.1) is 0 Å².